The molecule has 1 aliphatic heterocycles. The van der Waals surface area contributed by atoms with Crippen LogP contribution in [0.1, 0.15) is 29.9 Å². The van der Waals surface area contributed by atoms with E-state index in [1.807, 2.05) is 49.4 Å². The number of halogens is 1. The fourth-order valence-corrected chi connectivity index (χ4v) is 6.02. The maximum Gasteiger partial charge on any atom is 0.243 e. The van der Waals surface area contributed by atoms with Crippen LogP contribution in [0.25, 0.3) is 0 Å². The van der Waals surface area contributed by atoms with Gasteiger partial charge in [0.2, 0.25) is 15.9 Å². The molecule has 0 saturated carbocycles. The van der Waals surface area contributed by atoms with Gasteiger partial charge in [0.25, 0.3) is 0 Å². The minimum Gasteiger partial charge on any atom is -0.464 e. The molecule has 198 valence electrons. The number of hydrogen-bond donors (Lipinski definition) is 0. The lowest BCUT2D eigenvalue weighted by Gasteiger charge is -2.28. The van der Waals surface area contributed by atoms with E-state index >= 15 is 0 Å². The first-order chi connectivity index (χ1) is 17.8. The summed E-state index contributed by atoms with van der Waals surface area (Å²) in [6.07, 6.45) is 2.88. The largest absolute Gasteiger partial charge is 0.464 e. The van der Waals surface area contributed by atoms with E-state index < -0.39 is 10.0 Å². The smallest absolute Gasteiger partial charge is 0.243 e. The van der Waals surface area contributed by atoms with Crippen molar-refractivity contribution in [3.05, 3.63) is 88.8 Å². The first-order valence-electron chi connectivity index (χ1n) is 12.7. The number of sulfonamides is 1. The molecule has 2 heterocycles. The molecule has 37 heavy (non-hydrogen) atoms. The van der Waals surface area contributed by atoms with Gasteiger partial charge in [0, 0.05) is 24.7 Å². The van der Waals surface area contributed by atoms with E-state index in [4.69, 9.17) is 16.0 Å². The van der Waals surface area contributed by atoms with Crippen LogP contribution in [0.15, 0.2) is 76.0 Å². The van der Waals surface area contributed by atoms with Crippen LogP contribution < -0.4 is 0 Å². The number of furan rings is 1. The fraction of sp³-hybridized carbons (Fsp3) is 0.393. The molecule has 9 heteroatoms. The van der Waals surface area contributed by atoms with Crippen molar-refractivity contribution in [2.75, 3.05) is 39.3 Å². The van der Waals surface area contributed by atoms with Gasteiger partial charge in [0.1, 0.15) is 11.5 Å². The zero-order chi connectivity index (χ0) is 26.3. The number of benzene rings is 2. The Morgan fingerprint density at radius 3 is 2.32 bits per heavy atom. The third kappa shape index (κ3) is 7.68. The molecule has 0 bridgehead atoms. The molecule has 0 N–H and O–H groups in total. The number of hydrogen-bond acceptors (Lipinski definition) is 5. The molecule has 1 aliphatic rings. The summed E-state index contributed by atoms with van der Waals surface area (Å²) in [4.78, 5) is 17.7. The Balaban J connectivity index is 1.54. The lowest BCUT2D eigenvalue weighted by Crippen LogP contribution is -2.45. The van der Waals surface area contributed by atoms with Gasteiger partial charge in [-0.05, 0) is 81.2 Å². The molecule has 1 amide bonds. The van der Waals surface area contributed by atoms with Crippen molar-refractivity contribution in [3.8, 4) is 0 Å². The van der Waals surface area contributed by atoms with Crippen molar-refractivity contribution >= 4 is 27.5 Å². The van der Waals surface area contributed by atoms with Gasteiger partial charge >= 0.3 is 0 Å². The highest BCUT2D eigenvalue weighted by Gasteiger charge is 2.29. The Kier molecular flexibility index (Phi) is 9.43. The van der Waals surface area contributed by atoms with Gasteiger partial charge in [-0.1, -0.05) is 41.9 Å². The van der Waals surface area contributed by atoms with Crippen LogP contribution >= 0.6 is 11.6 Å². The lowest BCUT2D eigenvalue weighted by atomic mass is 10.1. The van der Waals surface area contributed by atoms with Crippen molar-refractivity contribution in [2.24, 2.45) is 0 Å². The summed E-state index contributed by atoms with van der Waals surface area (Å²) in [5.74, 6) is 1.18. The molecule has 0 spiro atoms. The van der Waals surface area contributed by atoms with Crippen LogP contribution in [-0.4, -0.2) is 67.7 Å². The fourth-order valence-electron chi connectivity index (χ4n) is 4.51. The average Bonchev–Trinajstić information content (AvgIpc) is 3.56. The summed E-state index contributed by atoms with van der Waals surface area (Å²) in [7, 11) is -3.90. The molecular formula is C28H34ClN3O4S. The van der Waals surface area contributed by atoms with Crippen molar-refractivity contribution in [2.45, 2.75) is 37.6 Å². The number of rotatable bonds is 12. The zero-order valence-corrected chi connectivity index (χ0v) is 22.8. The highest BCUT2D eigenvalue weighted by molar-refractivity contribution is 7.89. The summed E-state index contributed by atoms with van der Waals surface area (Å²) in [5, 5.41) is 0.458. The SMILES string of the molecule is Cc1ccc(CN(CCc2ccccc2)C(=O)CN(CCN2CCCC2)S(=O)(=O)c2ccc(Cl)cc2)o1. The Labute approximate surface area is 224 Å². The van der Waals surface area contributed by atoms with Crippen LogP contribution in [0.2, 0.25) is 5.02 Å². The van der Waals surface area contributed by atoms with E-state index in [1.54, 1.807) is 17.0 Å². The van der Waals surface area contributed by atoms with Crippen LogP contribution in [-0.2, 0) is 27.8 Å². The summed E-state index contributed by atoms with van der Waals surface area (Å²) in [6, 6.07) is 19.7. The number of aryl methyl sites for hydroxylation is 1. The van der Waals surface area contributed by atoms with E-state index in [2.05, 4.69) is 4.90 Å². The third-order valence-electron chi connectivity index (χ3n) is 6.64. The molecule has 3 aromatic rings. The van der Waals surface area contributed by atoms with Gasteiger partial charge < -0.3 is 14.2 Å². The highest BCUT2D eigenvalue weighted by Crippen LogP contribution is 2.20. The molecule has 1 aromatic heterocycles. The molecule has 0 unspecified atom stereocenters. The van der Waals surface area contributed by atoms with Crippen LogP contribution in [0.4, 0.5) is 0 Å². The lowest BCUT2D eigenvalue weighted by molar-refractivity contribution is -0.132. The monoisotopic (exact) mass is 543 g/mol. The predicted molar refractivity (Wildman–Crippen MR) is 145 cm³/mol. The highest BCUT2D eigenvalue weighted by atomic mass is 35.5. The molecule has 2 aromatic carbocycles. The minimum absolute atomic E-state index is 0.128. The molecule has 7 nitrogen and oxygen atoms in total. The second-order valence-electron chi connectivity index (χ2n) is 9.40. The predicted octanol–water partition coefficient (Wildman–Crippen LogP) is 4.60. The zero-order valence-electron chi connectivity index (χ0n) is 21.2. The molecule has 1 saturated heterocycles. The van der Waals surface area contributed by atoms with E-state index in [-0.39, 0.29) is 30.4 Å². The van der Waals surface area contributed by atoms with E-state index in [0.717, 1.165) is 37.3 Å². The van der Waals surface area contributed by atoms with Crippen LogP contribution in [0, 0.1) is 6.92 Å². The van der Waals surface area contributed by atoms with E-state index in [9.17, 15) is 13.2 Å². The van der Waals surface area contributed by atoms with Crippen LogP contribution in [0.3, 0.4) is 0 Å². The first kappa shape index (κ1) is 27.4. The summed E-state index contributed by atoms with van der Waals surface area (Å²) < 4.78 is 34.3. The second kappa shape index (κ2) is 12.7. The Morgan fingerprint density at radius 1 is 0.973 bits per heavy atom. The molecule has 0 radical (unpaired) electrons. The van der Waals surface area contributed by atoms with Gasteiger partial charge in [-0.2, -0.15) is 4.31 Å². The topological polar surface area (TPSA) is 74.1 Å². The first-order valence-corrected chi connectivity index (χ1v) is 14.5. The van der Waals surface area contributed by atoms with Crippen LogP contribution in [0.5, 0.6) is 0 Å². The maximum atomic E-state index is 13.7. The number of likely N-dealkylation sites (tertiary alicyclic amines) is 1. The van der Waals surface area contributed by atoms with E-state index in [0.29, 0.717) is 30.3 Å². The quantitative estimate of drug-likeness (QED) is 0.334. The molecule has 0 aliphatic carbocycles. The second-order valence-corrected chi connectivity index (χ2v) is 11.8. The van der Waals surface area contributed by atoms with Crippen molar-refractivity contribution in [3.63, 3.8) is 0 Å². The van der Waals surface area contributed by atoms with Gasteiger partial charge in [-0.25, -0.2) is 8.42 Å². The van der Waals surface area contributed by atoms with Gasteiger partial charge in [0.15, 0.2) is 0 Å². The number of amides is 1. The Bertz CT molecular complexity index is 1260. The molecular weight excluding hydrogens is 510 g/mol. The molecule has 4 rings (SSSR count). The number of nitrogens with zero attached hydrogens (tertiary/aromatic N) is 3. The standard InChI is InChI=1S/C28H34ClN3O4S/c1-23-9-12-26(36-23)21-31(18-15-24-7-3-2-4-8-24)28(33)22-32(20-19-30-16-5-6-17-30)37(34,35)27-13-10-25(29)11-14-27/h2-4,7-14H,5-6,15-22H2,1H3. The van der Waals surface area contributed by atoms with Gasteiger partial charge in [0.05, 0.1) is 18.0 Å². The molecule has 1 fully saturated rings. The average molecular weight is 544 g/mol. The summed E-state index contributed by atoms with van der Waals surface area (Å²) in [5.41, 5.74) is 1.11. The summed E-state index contributed by atoms with van der Waals surface area (Å²) >= 11 is 5.99. The molecule has 0 atom stereocenters. The van der Waals surface area contributed by atoms with Crippen molar-refractivity contribution in [1.82, 2.24) is 14.1 Å². The minimum atomic E-state index is -3.90. The summed E-state index contributed by atoms with van der Waals surface area (Å²) in [6.45, 7) is 5.06. The number of carbonyl (C=O) groups is 1. The number of carbonyl (C=O) groups excluding carboxylic acids is 1. The normalized spacial score (nSPS) is 14.4. The maximum absolute atomic E-state index is 13.7. The van der Waals surface area contributed by atoms with E-state index in [1.165, 1.54) is 16.4 Å². The van der Waals surface area contributed by atoms with Gasteiger partial charge in [-0.15, -0.1) is 0 Å². The van der Waals surface area contributed by atoms with Gasteiger partial charge in [-0.3, -0.25) is 4.79 Å². The van der Waals surface area contributed by atoms with Crippen molar-refractivity contribution in [1.29, 1.82) is 0 Å². The Morgan fingerprint density at radius 2 is 1.68 bits per heavy atom. The third-order valence-corrected chi connectivity index (χ3v) is 8.75. The van der Waals surface area contributed by atoms with Crippen molar-refractivity contribution < 1.29 is 17.6 Å². The Hall–Kier alpha value is -2.65.